The molecule has 0 heterocycles. The molecule has 0 unspecified atom stereocenters. The van der Waals surface area contributed by atoms with Gasteiger partial charge in [0, 0.05) is 19.6 Å². The lowest BCUT2D eigenvalue weighted by Gasteiger charge is -2.20. The molecule has 0 saturated carbocycles. The predicted molar refractivity (Wildman–Crippen MR) is 122 cm³/mol. The number of amides is 4. The highest BCUT2D eigenvalue weighted by Crippen LogP contribution is 2.07. The summed E-state index contributed by atoms with van der Waals surface area (Å²) in [7, 11) is 0. The standard InChI is InChI=1S/C22H35N5O5/c1-21(2,3)31-19(29)24-14-10-13-23-17(27-20(30)32-22(4,5)6)26-18(28)25-15-16-11-8-7-9-12-16/h7-9,11-12H,10,13-15H2,1-6H3,(H,24,29)(H3,23,25,26,27,28,30). The SMILES string of the molecule is CC(C)(C)OC(=O)NCCCN=C(NC(=O)NCc1ccccc1)NC(=O)OC(C)(C)C. The van der Waals surface area contributed by atoms with Crippen LogP contribution in [0.3, 0.4) is 0 Å². The normalized spacial score (nSPS) is 11.9. The van der Waals surface area contributed by atoms with Gasteiger partial charge in [-0.05, 0) is 53.5 Å². The van der Waals surface area contributed by atoms with Crippen LogP contribution in [0.15, 0.2) is 35.3 Å². The Morgan fingerprint density at radius 3 is 2.03 bits per heavy atom. The van der Waals surface area contributed by atoms with Crippen LogP contribution < -0.4 is 21.3 Å². The summed E-state index contributed by atoms with van der Waals surface area (Å²) in [5.41, 5.74) is -0.360. The molecule has 0 aliphatic carbocycles. The molecule has 0 aliphatic rings. The lowest BCUT2D eigenvalue weighted by atomic mass is 10.2. The topological polar surface area (TPSA) is 130 Å². The van der Waals surface area contributed by atoms with Gasteiger partial charge in [-0.25, -0.2) is 14.4 Å². The van der Waals surface area contributed by atoms with Crippen LogP contribution in [0.5, 0.6) is 0 Å². The Hall–Kier alpha value is -3.30. The molecule has 1 aromatic rings. The summed E-state index contributed by atoms with van der Waals surface area (Å²) in [6.07, 6.45) is -0.801. The van der Waals surface area contributed by atoms with Gasteiger partial charge in [0.05, 0.1) is 0 Å². The van der Waals surface area contributed by atoms with Crippen LogP contribution in [0.25, 0.3) is 0 Å². The quantitative estimate of drug-likeness (QED) is 0.301. The maximum absolute atomic E-state index is 12.2. The van der Waals surface area contributed by atoms with E-state index in [2.05, 4.69) is 26.3 Å². The zero-order chi connectivity index (χ0) is 24.2. The Labute approximate surface area is 189 Å². The molecule has 0 radical (unpaired) electrons. The molecule has 0 aromatic heterocycles. The maximum Gasteiger partial charge on any atom is 0.414 e. The molecule has 0 aliphatic heterocycles. The Morgan fingerprint density at radius 1 is 0.844 bits per heavy atom. The number of urea groups is 1. The van der Waals surface area contributed by atoms with Crippen molar-refractivity contribution < 1.29 is 23.9 Å². The van der Waals surface area contributed by atoms with E-state index in [-0.39, 0.29) is 12.5 Å². The lowest BCUT2D eigenvalue weighted by Crippen LogP contribution is -2.49. The highest BCUT2D eigenvalue weighted by molar-refractivity contribution is 6.02. The number of ether oxygens (including phenoxy) is 2. The summed E-state index contributed by atoms with van der Waals surface area (Å²) in [6.45, 7) is 11.4. The summed E-state index contributed by atoms with van der Waals surface area (Å²) < 4.78 is 10.4. The van der Waals surface area contributed by atoms with Crippen molar-refractivity contribution in [3.8, 4) is 0 Å². The van der Waals surface area contributed by atoms with Gasteiger partial charge >= 0.3 is 18.2 Å². The van der Waals surface area contributed by atoms with E-state index in [9.17, 15) is 14.4 Å². The number of alkyl carbamates (subject to hydrolysis) is 2. The summed E-state index contributed by atoms with van der Waals surface area (Å²) in [5, 5.41) is 10.3. The largest absolute Gasteiger partial charge is 0.444 e. The first-order chi connectivity index (χ1) is 14.8. The number of rotatable bonds is 6. The van der Waals surface area contributed by atoms with E-state index in [4.69, 9.17) is 9.47 Å². The number of hydrogen-bond donors (Lipinski definition) is 4. The summed E-state index contributed by atoms with van der Waals surface area (Å²) in [5.74, 6) is -0.0536. The van der Waals surface area contributed by atoms with Gasteiger partial charge in [0.2, 0.25) is 5.96 Å². The number of benzene rings is 1. The van der Waals surface area contributed by atoms with E-state index in [0.717, 1.165) is 5.56 Å². The molecule has 178 valence electrons. The fourth-order valence-corrected chi connectivity index (χ4v) is 2.22. The minimum atomic E-state index is -0.744. The molecule has 0 saturated heterocycles. The molecule has 10 heteroatoms. The summed E-state index contributed by atoms with van der Waals surface area (Å²) in [4.78, 5) is 40.2. The van der Waals surface area contributed by atoms with Crippen molar-refractivity contribution in [1.29, 1.82) is 0 Å². The van der Waals surface area contributed by atoms with Crippen molar-refractivity contribution in [3.63, 3.8) is 0 Å². The van der Waals surface area contributed by atoms with E-state index >= 15 is 0 Å². The van der Waals surface area contributed by atoms with Crippen LogP contribution in [0, 0.1) is 0 Å². The van der Waals surface area contributed by atoms with Gasteiger partial charge in [0.1, 0.15) is 11.2 Å². The molecule has 0 atom stereocenters. The lowest BCUT2D eigenvalue weighted by molar-refractivity contribution is 0.0524. The van der Waals surface area contributed by atoms with Gasteiger partial charge < -0.3 is 20.1 Å². The number of aliphatic imine (C=N–C) groups is 1. The van der Waals surface area contributed by atoms with E-state index in [0.29, 0.717) is 19.5 Å². The zero-order valence-corrected chi connectivity index (χ0v) is 19.7. The zero-order valence-electron chi connectivity index (χ0n) is 19.7. The molecule has 1 aromatic carbocycles. The average molecular weight is 450 g/mol. The number of carbonyl (C=O) groups is 3. The highest BCUT2D eigenvalue weighted by atomic mass is 16.6. The van der Waals surface area contributed by atoms with Crippen molar-refractivity contribution in [2.24, 2.45) is 4.99 Å². The van der Waals surface area contributed by atoms with Crippen LogP contribution in [0.2, 0.25) is 0 Å². The van der Waals surface area contributed by atoms with Gasteiger partial charge in [-0.15, -0.1) is 0 Å². The van der Waals surface area contributed by atoms with E-state index < -0.39 is 29.4 Å². The number of nitrogens with one attached hydrogen (secondary N) is 4. The molecule has 10 nitrogen and oxygen atoms in total. The Bertz CT molecular complexity index is 782. The second kappa shape index (κ2) is 12.5. The van der Waals surface area contributed by atoms with E-state index in [1.54, 1.807) is 41.5 Å². The fourth-order valence-electron chi connectivity index (χ4n) is 2.22. The van der Waals surface area contributed by atoms with Crippen molar-refractivity contribution >= 4 is 24.2 Å². The molecule has 4 N–H and O–H groups in total. The third-order valence-electron chi connectivity index (χ3n) is 3.42. The Kier molecular flexibility index (Phi) is 10.5. The first kappa shape index (κ1) is 26.7. The molecule has 32 heavy (non-hydrogen) atoms. The van der Waals surface area contributed by atoms with Crippen LogP contribution in [-0.2, 0) is 16.0 Å². The van der Waals surface area contributed by atoms with Crippen molar-refractivity contribution in [2.45, 2.75) is 65.7 Å². The van der Waals surface area contributed by atoms with Crippen molar-refractivity contribution in [3.05, 3.63) is 35.9 Å². The predicted octanol–water partition coefficient (Wildman–Crippen LogP) is 3.28. The van der Waals surface area contributed by atoms with Gasteiger partial charge in [-0.1, -0.05) is 30.3 Å². The van der Waals surface area contributed by atoms with Gasteiger partial charge in [-0.3, -0.25) is 15.6 Å². The maximum atomic E-state index is 12.2. The van der Waals surface area contributed by atoms with E-state index in [1.807, 2.05) is 30.3 Å². The molecular weight excluding hydrogens is 414 g/mol. The number of hydrogen-bond acceptors (Lipinski definition) is 6. The fraction of sp³-hybridized carbons (Fsp3) is 0.545. The minimum Gasteiger partial charge on any atom is -0.444 e. The second-order valence-corrected chi connectivity index (χ2v) is 8.93. The van der Waals surface area contributed by atoms with Crippen LogP contribution in [0.1, 0.15) is 53.5 Å². The minimum absolute atomic E-state index is 0.0536. The van der Waals surface area contributed by atoms with Crippen molar-refractivity contribution in [2.75, 3.05) is 13.1 Å². The monoisotopic (exact) mass is 449 g/mol. The van der Waals surface area contributed by atoms with Crippen LogP contribution >= 0.6 is 0 Å². The first-order valence-electron chi connectivity index (χ1n) is 10.4. The third-order valence-corrected chi connectivity index (χ3v) is 3.42. The Balaban J connectivity index is 2.59. The number of guanidine groups is 1. The molecule has 1 rings (SSSR count). The summed E-state index contributed by atoms with van der Waals surface area (Å²) >= 11 is 0. The van der Waals surface area contributed by atoms with Crippen LogP contribution in [0.4, 0.5) is 14.4 Å². The smallest absolute Gasteiger partial charge is 0.414 e. The molecular formula is C22H35N5O5. The van der Waals surface area contributed by atoms with Gasteiger partial charge in [0.25, 0.3) is 0 Å². The van der Waals surface area contributed by atoms with Gasteiger partial charge in [-0.2, -0.15) is 0 Å². The van der Waals surface area contributed by atoms with E-state index in [1.165, 1.54) is 0 Å². The number of nitrogens with zero attached hydrogens (tertiary/aromatic N) is 1. The second-order valence-electron chi connectivity index (χ2n) is 8.93. The van der Waals surface area contributed by atoms with Crippen molar-refractivity contribution in [1.82, 2.24) is 21.3 Å². The molecule has 4 amide bonds. The van der Waals surface area contributed by atoms with Gasteiger partial charge in [0.15, 0.2) is 0 Å². The average Bonchev–Trinajstić information content (AvgIpc) is 2.64. The molecule has 0 fully saturated rings. The Morgan fingerprint density at radius 2 is 1.44 bits per heavy atom. The number of carbonyl (C=O) groups excluding carboxylic acids is 3. The van der Waals surface area contributed by atoms with Crippen LogP contribution in [-0.4, -0.2) is 48.5 Å². The third kappa shape index (κ3) is 13.8. The molecule has 0 bridgehead atoms. The summed E-state index contributed by atoms with van der Waals surface area (Å²) in [6, 6.07) is 8.86. The first-order valence-corrected chi connectivity index (χ1v) is 10.4. The highest BCUT2D eigenvalue weighted by Gasteiger charge is 2.18. The molecule has 0 spiro atoms.